The molecule has 0 aromatic carbocycles. The van der Waals surface area contributed by atoms with E-state index in [9.17, 15) is 117 Å². The van der Waals surface area contributed by atoms with Gasteiger partial charge in [0, 0.05) is 80.2 Å². The van der Waals surface area contributed by atoms with Gasteiger partial charge >= 0.3 is 242 Å². The van der Waals surface area contributed by atoms with Crippen LogP contribution in [0.5, 0.6) is 0 Å². The first kappa shape index (κ1) is 126. The normalized spacial score (nSPS) is 33.9. The Kier molecular flexibility index (Phi) is 60.1. The summed E-state index contributed by atoms with van der Waals surface area (Å²) in [6.45, 7) is -4.39. The molecular weight excluding hydrogens is 1870 g/mol. The van der Waals surface area contributed by atoms with Gasteiger partial charge in [-0.2, -0.15) is 11.8 Å². The van der Waals surface area contributed by atoms with Crippen LogP contribution in [0.4, 0.5) is 4.79 Å². The molecular formula is C53H80N4Na8O48S7. The molecule has 0 radical (unpaired) electrons. The molecule has 7 saturated heterocycles. The van der Waals surface area contributed by atoms with Crippen molar-refractivity contribution < 1.29 is 454 Å². The van der Waals surface area contributed by atoms with Crippen molar-refractivity contribution in [3.8, 4) is 0 Å². The number of carbonyl (C=O) groups excluding carboxylic acids is 5. The standard InChI is InChI=1S/C53H88N4O48S7.8Na/c1-84-33-29(56-27(59)15-9-8-12-16-54-26(58)14-11-10-13-25-28-21(20-106-25)55-53(65)57-28)48(94-22(30(33)60)17-91-107(66,67)68)99-37-35(86-3)42(88-5)51(101-40(37)46(61)62)98-32-24(19-93-109(72,73)74)96-52(45(105-112(81,82)83)39(32)103-110(75,76)77)100-38-36(87-4)43(89-6)50(102-41(38)47(63)64)97-31-23(18-92-108(69,70)71)95-49(90-7)44(34(31)85-2)104-111(78,79)80;;;;;;;;/h21-25,28-45,48-52,60H,8-20H2,1-7H3,(H,54,58)(H,56,59)(H,61,62)(H,63,64)(H2,55,57,65)(H,66,67,68)(H,69,70,71)(H,72,73,74)(H,75,76,77)(H,78,79,80)(H,81,82,83);;;;;;;;/q;8*+1/p-8/t21?,22-,23-,24-,25?,28?,29-,30-,31-,32-,33-,34+,35+,36+,37+,38+,39+,40+,41+,42-,43-,44-,45-,48-,49+,50+,51-,52-;;;;;;;;/m1......../s1. The molecule has 0 aliphatic carbocycles. The molecule has 7 fully saturated rings. The van der Waals surface area contributed by atoms with Gasteiger partial charge in [0.1, 0.15) is 110 Å². The molecule has 7 aliphatic rings. The molecule has 120 heavy (non-hydrogen) atoms. The zero-order valence-electron chi connectivity index (χ0n) is 67.4. The first-order valence-electron chi connectivity index (χ1n) is 32.9. The van der Waals surface area contributed by atoms with Gasteiger partial charge < -0.3 is 149 Å². The topological polar surface area (TPSA) is 746 Å². The zero-order valence-corrected chi connectivity index (χ0v) is 89.1. The summed E-state index contributed by atoms with van der Waals surface area (Å²) < 4.78 is 336. The number of nitrogens with one attached hydrogen (secondary N) is 4. The van der Waals surface area contributed by atoms with Crippen LogP contribution in [0.25, 0.3) is 0 Å². The molecule has 0 aromatic rings. The van der Waals surface area contributed by atoms with E-state index in [0.717, 1.165) is 68.4 Å². The second kappa shape index (κ2) is 57.2. The van der Waals surface area contributed by atoms with Gasteiger partial charge in [0.2, 0.25) is 74.2 Å². The Bertz CT molecular complexity index is 3900. The molecule has 3 unspecified atom stereocenters. The summed E-state index contributed by atoms with van der Waals surface area (Å²) in [5.41, 5.74) is 0. The number of hydrogen-bond acceptors (Lipinski definition) is 49. The predicted octanol–water partition coefficient (Wildman–Crippen LogP) is -35.4. The van der Waals surface area contributed by atoms with E-state index >= 15 is 0 Å². The maximum absolute atomic E-state index is 13.8. The quantitative estimate of drug-likeness (QED) is 0.0124. The molecule has 0 spiro atoms. The zero-order chi connectivity index (χ0) is 83.3. The molecule has 5 N–H and O–H groups in total. The summed E-state index contributed by atoms with van der Waals surface area (Å²) in [5.74, 6) is -5.13. The van der Waals surface area contributed by atoms with Crippen LogP contribution < -0.4 is 268 Å². The van der Waals surface area contributed by atoms with Gasteiger partial charge in [0.05, 0.1) is 43.8 Å². The van der Waals surface area contributed by atoms with E-state index in [4.69, 9.17) is 75.8 Å². The van der Waals surface area contributed by atoms with E-state index in [1.54, 1.807) is 11.8 Å². The minimum atomic E-state index is -6.52. The molecule has 4 amide bonds. The fraction of sp³-hybridized carbons (Fsp3) is 0.906. The smallest absolute Gasteiger partial charge is 0.726 e. The number of aliphatic hydroxyl groups is 1. The number of urea groups is 1. The van der Waals surface area contributed by atoms with Gasteiger partial charge in [-0.25, -0.2) is 55.3 Å². The van der Waals surface area contributed by atoms with Crippen LogP contribution in [0.15, 0.2) is 0 Å². The molecule has 7 aliphatic heterocycles. The van der Waals surface area contributed by atoms with Crippen molar-refractivity contribution in [1.29, 1.82) is 0 Å². The molecule has 0 bridgehead atoms. The number of unbranched alkanes of at least 4 members (excludes halogenated alkanes) is 3. The maximum Gasteiger partial charge on any atom is 1.00 e. The second-order valence-electron chi connectivity index (χ2n) is 25.1. The minimum absolute atomic E-state index is 0. The van der Waals surface area contributed by atoms with E-state index in [0.29, 0.717) is 19.3 Å². The number of methoxy groups -OCH3 is 7. The molecule has 52 nitrogen and oxygen atoms in total. The number of aliphatic hydroxyl groups excluding tert-OH is 1. The number of carboxylic acid groups (broad SMARTS) is 2. The third-order valence-corrected chi connectivity index (χ3v) is 22.1. The Morgan fingerprint density at radius 1 is 0.425 bits per heavy atom. The van der Waals surface area contributed by atoms with Gasteiger partial charge in [-0.05, 0) is 25.7 Å². The van der Waals surface area contributed by atoms with Crippen LogP contribution in [-0.4, -0.2) is 365 Å². The summed E-state index contributed by atoms with van der Waals surface area (Å²) in [7, 11) is -30.4. The number of carboxylic acids is 2. The average molecular weight is 1950 g/mol. The SMILES string of the molecule is CO[C@H]1O[C@H](COS(=O)(=O)[O-])[C@@H](O[C@H]2O[C@H](C(=O)[O-])[C@@H](O[C@H]3O[C@H](COS(=O)(=O)[O-])[C@@H](O[C@@H]4O[C@H](C(=O)[O-])[C@@H](O[C@H]5O[C@H](COS(=O)(=O)[O-])[C@@H](O)[C@H](OC)[C@H]5NC(=O)CCCCCNC(=O)CCCCC5SCC6NC(=O)NC65)[C@H](OC)[C@H]4OC)[C@H](OS(=O)(=O)[O-])[C@H]3OS(=O)(=O)[O-])[C@H](OC)[C@H]2OC)[C@H](OC)[C@H]1OS(=O)(=O)[O-].[Na+].[Na+].[Na+].[Na+].[Na+].[Na+].[Na+].[Na+]. The van der Waals surface area contributed by atoms with Gasteiger partial charge in [0.15, 0.2) is 43.7 Å². The van der Waals surface area contributed by atoms with Gasteiger partial charge in [-0.3, -0.25) is 34.7 Å². The van der Waals surface area contributed by atoms with Crippen LogP contribution in [0.1, 0.15) is 51.4 Å². The Morgan fingerprint density at radius 2 is 0.800 bits per heavy atom. The summed E-state index contributed by atoms with van der Waals surface area (Å²) >= 11 is 1.74. The summed E-state index contributed by atoms with van der Waals surface area (Å²) in [6.07, 6.45) is -55.8. The van der Waals surface area contributed by atoms with Crippen molar-refractivity contribution in [2.75, 3.05) is 81.9 Å². The fourth-order valence-corrected chi connectivity index (χ4v) is 17.2. The first-order chi connectivity index (χ1) is 52.2. The van der Waals surface area contributed by atoms with Gasteiger partial charge in [-0.1, -0.05) is 12.8 Å². The number of amides is 4. The maximum atomic E-state index is 13.8. The fourth-order valence-electron chi connectivity index (χ4n) is 13.3. The Hall–Kier alpha value is 4.04. The molecule has 67 heteroatoms. The van der Waals surface area contributed by atoms with Crippen molar-refractivity contribution in [2.45, 2.75) is 222 Å². The molecule has 650 valence electrons. The number of fused-ring (bicyclic) bond motifs is 1. The number of thioether (sulfide) groups is 1. The van der Waals surface area contributed by atoms with Crippen LogP contribution in [0.2, 0.25) is 0 Å². The number of aliphatic carboxylic acids is 2. The van der Waals surface area contributed by atoms with E-state index in [1.165, 1.54) is 0 Å². The first-order valence-corrected chi connectivity index (χ1v) is 42.0. The van der Waals surface area contributed by atoms with Crippen molar-refractivity contribution in [3.05, 3.63) is 0 Å². The third kappa shape index (κ3) is 38.3. The Labute approximate surface area is 871 Å². The number of ether oxygens (including phenoxy) is 16. The largest absolute Gasteiger partial charge is 1.00 e. The molecule has 28 atom stereocenters. The molecule has 7 rings (SSSR count). The van der Waals surface area contributed by atoms with Crippen LogP contribution in [-0.2, 0) is 182 Å². The van der Waals surface area contributed by atoms with Gasteiger partial charge in [-0.15, -0.1) is 0 Å². The van der Waals surface area contributed by atoms with Crippen LogP contribution >= 0.6 is 11.8 Å². The summed E-state index contributed by atoms with van der Waals surface area (Å²) in [5, 5.41) is 49.4. The van der Waals surface area contributed by atoms with Crippen molar-refractivity contribution >= 4 is 104 Å². The minimum Gasteiger partial charge on any atom is -0.726 e. The van der Waals surface area contributed by atoms with Crippen molar-refractivity contribution in [1.82, 2.24) is 21.3 Å². The van der Waals surface area contributed by atoms with E-state index < -0.39 is 254 Å². The summed E-state index contributed by atoms with van der Waals surface area (Å²) in [6, 6.07) is -1.98. The Morgan fingerprint density at radius 3 is 1.23 bits per heavy atom. The molecule has 0 aromatic heterocycles. The predicted molar refractivity (Wildman–Crippen MR) is 339 cm³/mol. The Balaban J connectivity index is 0. The number of carbonyl (C=O) groups is 5. The number of hydrogen-bond donors (Lipinski definition) is 5. The van der Waals surface area contributed by atoms with E-state index in [-0.39, 0.29) is 292 Å². The van der Waals surface area contributed by atoms with Crippen molar-refractivity contribution in [2.24, 2.45) is 0 Å². The second-order valence-corrected chi connectivity index (χ2v) is 32.5. The average Bonchev–Trinajstić information content (AvgIpc) is 0.940. The van der Waals surface area contributed by atoms with Gasteiger partial charge in [0.25, 0.3) is 0 Å². The van der Waals surface area contributed by atoms with E-state index in [2.05, 4.69) is 46.4 Å². The van der Waals surface area contributed by atoms with Crippen LogP contribution in [0, 0.1) is 0 Å². The van der Waals surface area contributed by atoms with Crippen LogP contribution in [0.3, 0.4) is 0 Å². The monoisotopic (exact) mass is 1950 g/mol. The van der Waals surface area contributed by atoms with Crippen molar-refractivity contribution in [3.63, 3.8) is 0 Å². The third-order valence-electron chi connectivity index (χ3n) is 18.0. The van der Waals surface area contributed by atoms with E-state index in [1.807, 2.05) is 0 Å². The molecule has 7 heterocycles. The number of rotatable bonds is 44. The molecule has 0 saturated carbocycles. The summed E-state index contributed by atoms with van der Waals surface area (Å²) in [4.78, 5) is 64.9.